The Morgan fingerprint density at radius 3 is 2.85 bits per heavy atom. The first-order valence-corrected chi connectivity index (χ1v) is 7.39. The van der Waals surface area contributed by atoms with E-state index in [1.807, 2.05) is 18.2 Å². The number of nitrogens with one attached hydrogen (secondary N) is 1. The highest BCUT2D eigenvalue weighted by Gasteiger charge is 2.28. The molecule has 0 radical (unpaired) electrons. The molecule has 2 N–H and O–H groups in total. The maximum atomic E-state index is 9.76. The Kier molecular flexibility index (Phi) is 4.89. The van der Waals surface area contributed by atoms with E-state index in [9.17, 15) is 5.11 Å². The van der Waals surface area contributed by atoms with Crippen molar-refractivity contribution in [2.24, 2.45) is 0 Å². The van der Waals surface area contributed by atoms with Crippen LogP contribution in [0.3, 0.4) is 0 Å². The number of benzene rings is 1. The number of ether oxygens (including phenoxy) is 1. The molecule has 4 nitrogen and oxygen atoms in total. The lowest BCUT2D eigenvalue weighted by Crippen LogP contribution is -2.56. The number of anilines is 1. The molecule has 112 valence electrons. The minimum Gasteiger partial charge on any atom is -0.491 e. The predicted molar refractivity (Wildman–Crippen MR) is 82.5 cm³/mol. The van der Waals surface area contributed by atoms with Crippen molar-refractivity contribution in [3.05, 3.63) is 24.3 Å². The second-order valence-electron chi connectivity index (χ2n) is 6.11. The van der Waals surface area contributed by atoms with E-state index in [2.05, 4.69) is 37.1 Å². The van der Waals surface area contributed by atoms with Gasteiger partial charge in [-0.15, -0.1) is 0 Å². The summed E-state index contributed by atoms with van der Waals surface area (Å²) in [5.41, 5.74) is 0.807. The maximum Gasteiger partial charge on any atom is 0.142 e. The summed E-state index contributed by atoms with van der Waals surface area (Å²) < 4.78 is 5.78. The molecule has 1 unspecified atom stereocenters. The maximum absolute atomic E-state index is 9.76. The molecular formula is C16H26N2O2. The topological polar surface area (TPSA) is 44.7 Å². The lowest BCUT2D eigenvalue weighted by molar-refractivity contribution is 0.169. The van der Waals surface area contributed by atoms with Gasteiger partial charge in [-0.3, -0.25) is 0 Å². The van der Waals surface area contributed by atoms with Gasteiger partial charge in [0.1, 0.15) is 5.75 Å². The number of rotatable bonds is 5. The van der Waals surface area contributed by atoms with Crippen LogP contribution in [0.4, 0.5) is 5.69 Å². The molecule has 20 heavy (non-hydrogen) atoms. The van der Waals surface area contributed by atoms with Crippen molar-refractivity contribution < 1.29 is 9.84 Å². The highest BCUT2D eigenvalue weighted by molar-refractivity contribution is 5.59. The zero-order chi connectivity index (χ0) is 14.6. The largest absolute Gasteiger partial charge is 0.491 e. The highest BCUT2D eigenvalue weighted by Crippen LogP contribution is 2.31. The zero-order valence-corrected chi connectivity index (χ0v) is 12.7. The predicted octanol–water partition coefficient (Wildman–Crippen LogP) is 2.02. The van der Waals surface area contributed by atoms with E-state index in [-0.39, 0.29) is 12.1 Å². The van der Waals surface area contributed by atoms with Gasteiger partial charge < -0.3 is 20.1 Å². The molecule has 1 aliphatic rings. The number of nitrogens with zero attached hydrogens (tertiary/aromatic N) is 1. The normalized spacial score (nSPS) is 18.1. The van der Waals surface area contributed by atoms with Crippen LogP contribution in [0.2, 0.25) is 0 Å². The van der Waals surface area contributed by atoms with Crippen LogP contribution >= 0.6 is 0 Å². The summed E-state index contributed by atoms with van der Waals surface area (Å²) in [7, 11) is 0. The summed E-state index contributed by atoms with van der Waals surface area (Å²) in [6.45, 7) is 8.86. The minimum atomic E-state index is -0.314. The summed E-state index contributed by atoms with van der Waals surface area (Å²) in [4.78, 5) is 2.31. The number of hydrogen-bond donors (Lipinski definition) is 2. The molecule has 0 saturated heterocycles. The summed E-state index contributed by atoms with van der Waals surface area (Å²) in [6.07, 6.45) is 0.998. The van der Waals surface area contributed by atoms with Gasteiger partial charge >= 0.3 is 0 Å². The second-order valence-corrected chi connectivity index (χ2v) is 6.11. The molecule has 1 aromatic carbocycles. The van der Waals surface area contributed by atoms with Crippen molar-refractivity contribution in [3.63, 3.8) is 0 Å². The van der Waals surface area contributed by atoms with Crippen LogP contribution in [0.15, 0.2) is 24.3 Å². The van der Waals surface area contributed by atoms with E-state index in [0.29, 0.717) is 6.04 Å². The average Bonchev–Trinajstić information content (AvgIpc) is 2.61. The van der Waals surface area contributed by atoms with Gasteiger partial charge in [-0.2, -0.15) is 0 Å². The molecule has 0 bridgehead atoms. The quantitative estimate of drug-likeness (QED) is 0.865. The molecule has 1 aromatic rings. The van der Waals surface area contributed by atoms with Crippen molar-refractivity contribution in [3.8, 4) is 5.75 Å². The first-order valence-electron chi connectivity index (χ1n) is 7.39. The van der Waals surface area contributed by atoms with E-state index in [4.69, 9.17) is 4.74 Å². The summed E-state index contributed by atoms with van der Waals surface area (Å²) >= 11 is 0. The van der Waals surface area contributed by atoms with Gasteiger partial charge in [0.05, 0.1) is 24.4 Å². The van der Waals surface area contributed by atoms with Crippen LogP contribution in [0.25, 0.3) is 0 Å². The Balaban J connectivity index is 2.19. The first-order chi connectivity index (χ1) is 9.54. The lowest BCUT2D eigenvalue weighted by Gasteiger charge is -2.37. The second kappa shape index (κ2) is 6.46. The SMILES string of the molecule is CC(C)NC(C)(CO)CN1CCCOc2ccccc21. The zero-order valence-electron chi connectivity index (χ0n) is 12.7. The molecule has 0 aliphatic carbocycles. The molecule has 1 heterocycles. The first kappa shape index (κ1) is 15.1. The van der Waals surface area contributed by atoms with Crippen LogP contribution < -0.4 is 15.0 Å². The standard InChI is InChI=1S/C16H26N2O2/c1-13(2)17-16(3,12-19)11-18-9-6-10-20-15-8-5-4-7-14(15)18/h4-5,7-8,13,17,19H,6,9-12H2,1-3H3. The lowest BCUT2D eigenvalue weighted by atomic mass is 10.0. The van der Waals surface area contributed by atoms with Crippen LogP contribution in [0.5, 0.6) is 5.75 Å². The molecule has 1 atom stereocenters. The van der Waals surface area contributed by atoms with Gasteiger partial charge in [-0.25, -0.2) is 0 Å². The third kappa shape index (κ3) is 3.64. The van der Waals surface area contributed by atoms with E-state index >= 15 is 0 Å². The van der Waals surface area contributed by atoms with Gasteiger partial charge in [0, 0.05) is 19.1 Å². The van der Waals surface area contributed by atoms with E-state index in [1.165, 1.54) is 0 Å². The van der Waals surface area contributed by atoms with E-state index in [1.54, 1.807) is 0 Å². The van der Waals surface area contributed by atoms with Crippen LogP contribution in [-0.4, -0.2) is 43.0 Å². The van der Waals surface area contributed by atoms with E-state index in [0.717, 1.165) is 37.6 Å². The van der Waals surface area contributed by atoms with Crippen molar-refractivity contribution in [1.29, 1.82) is 0 Å². The molecule has 0 saturated carbocycles. The Labute approximate surface area is 121 Å². The molecule has 0 amide bonds. The fourth-order valence-corrected chi connectivity index (χ4v) is 2.82. The third-order valence-corrected chi connectivity index (χ3v) is 3.56. The number of para-hydroxylation sites is 2. The summed E-state index contributed by atoms with van der Waals surface area (Å²) in [6, 6.07) is 8.48. The molecule has 0 spiro atoms. The van der Waals surface area contributed by atoms with Gasteiger partial charge in [-0.1, -0.05) is 26.0 Å². The van der Waals surface area contributed by atoms with Gasteiger partial charge in [0.2, 0.25) is 0 Å². The van der Waals surface area contributed by atoms with Gasteiger partial charge in [0.15, 0.2) is 0 Å². The monoisotopic (exact) mass is 278 g/mol. The van der Waals surface area contributed by atoms with Gasteiger partial charge in [0.25, 0.3) is 0 Å². The van der Waals surface area contributed by atoms with E-state index < -0.39 is 0 Å². The molecular weight excluding hydrogens is 252 g/mol. The Morgan fingerprint density at radius 1 is 1.40 bits per heavy atom. The fraction of sp³-hybridized carbons (Fsp3) is 0.625. The van der Waals surface area contributed by atoms with Crippen molar-refractivity contribution in [2.45, 2.75) is 38.8 Å². The number of aliphatic hydroxyl groups is 1. The Hall–Kier alpha value is -1.26. The Morgan fingerprint density at radius 2 is 2.15 bits per heavy atom. The number of hydrogen-bond acceptors (Lipinski definition) is 4. The third-order valence-electron chi connectivity index (χ3n) is 3.56. The van der Waals surface area contributed by atoms with Crippen molar-refractivity contribution >= 4 is 5.69 Å². The molecule has 4 heteroatoms. The van der Waals surface area contributed by atoms with Crippen molar-refractivity contribution in [2.75, 3.05) is 31.2 Å². The molecule has 1 aliphatic heterocycles. The minimum absolute atomic E-state index is 0.116. The molecule has 0 fully saturated rings. The van der Waals surface area contributed by atoms with Crippen LogP contribution in [0, 0.1) is 0 Å². The van der Waals surface area contributed by atoms with Crippen LogP contribution in [0.1, 0.15) is 27.2 Å². The van der Waals surface area contributed by atoms with Crippen molar-refractivity contribution in [1.82, 2.24) is 5.32 Å². The molecule has 2 rings (SSSR count). The number of fused-ring (bicyclic) bond motifs is 1. The fourth-order valence-electron chi connectivity index (χ4n) is 2.82. The highest BCUT2D eigenvalue weighted by atomic mass is 16.5. The summed E-state index contributed by atoms with van der Waals surface area (Å²) in [5, 5.41) is 13.2. The summed E-state index contributed by atoms with van der Waals surface area (Å²) in [5.74, 6) is 0.940. The number of aliphatic hydroxyl groups excluding tert-OH is 1. The van der Waals surface area contributed by atoms with Crippen LogP contribution in [-0.2, 0) is 0 Å². The molecule has 0 aromatic heterocycles. The Bertz CT molecular complexity index is 436. The average molecular weight is 278 g/mol. The van der Waals surface area contributed by atoms with Gasteiger partial charge in [-0.05, 0) is 25.5 Å². The smallest absolute Gasteiger partial charge is 0.142 e.